The highest BCUT2D eigenvalue weighted by Gasteiger charge is 2.46. The summed E-state index contributed by atoms with van der Waals surface area (Å²) in [5.41, 5.74) is -0.618. The molecule has 0 aromatic rings. The van der Waals surface area contributed by atoms with E-state index in [1.165, 1.54) is 0 Å². The Morgan fingerprint density at radius 2 is 2.27 bits per heavy atom. The third-order valence-electron chi connectivity index (χ3n) is 2.95. The molecule has 7 heteroatoms. The third kappa shape index (κ3) is 2.60. The highest BCUT2D eigenvalue weighted by Crippen LogP contribution is 2.30. The molecule has 2 saturated heterocycles. The molecule has 2 heterocycles. The van der Waals surface area contributed by atoms with Crippen LogP contribution in [0.3, 0.4) is 0 Å². The fourth-order valence-corrected chi connectivity index (χ4v) is 2.41. The van der Waals surface area contributed by atoms with Crippen molar-refractivity contribution in [2.45, 2.75) is 30.8 Å². The minimum atomic E-state index is -4.56. The maximum absolute atomic E-state index is 11.9. The first-order valence-corrected chi connectivity index (χ1v) is 4.87. The van der Waals surface area contributed by atoms with E-state index in [1.54, 1.807) is 5.01 Å². The molecule has 2 rings (SSSR count). The molecule has 0 spiro atoms. The molecule has 4 nitrogen and oxygen atoms in total. The van der Waals surface area contributed by atoms with Gasteiger partial charge in [0.1, 0.15) is 0 Å². The van der Waals surface area contributed by atoms with Gasteiger partial charge in [0.05, 0.1) is 12.1 Å². The number of nitrogens with one attached hydrogen (secondary N) is 1. The van der Waals surface area contributed by atoms with Crippen molar-refractivity contribution in [3.8, 4) is 0 Å². The lowest BCUT2D eigenvalue weighted by atomic mass is 9.99. The maximum atomic E-state index is 11.9. The quantitative estimate of drug-likeness (QED) is 0.659. The molecule has 2 unspecified atom stereocenters. The van der Waals surface area contributed by atoms with Crippen molar-refractivity contribution in [2.24, 2.45) is 5.84 Å². The zero-order valence-corrected chi connectivity index (χ0v) is 8.18. The summed E-state index contributed by atoms with van der Waals surface area (Å²) in [6.45, 7) is 0.730. The van der Waals surface area contributed by atoms with E-state index >= 15 is 0 Å². The number of rotatable bonds is 2. The average Bonchev–Trinajstić information content (AvgIpc) is 2.39. The smallest absolute Gasteiger partial charge is 0.304 e. The predicted molar refractivity (Wildman–Crippen MR) is 46.7 cm³/mol. The summed E-state index contributed by atoms with van der Waals surface area (Å²) in [6, 6.07) is 0.195. The van der Waals surface area contributed by atoms with Crippen LogP contribution in [0.5, 0.6) is 0 Å². The Bertz CT molecular complexity index is 248. The first-order chi connectivity index (χ1) is 6.89. The fourth-order valence-electron chi connectivity index (χ4n) is 2.41. The van der Waals surface area contributed by atoms with E-state index < -0.39 is 11.9 Å². The fraction of sp³-hybridized carbons (Fsp3) is 1.00. The Morgan fingerprint density at radius 3 is 2.93 bits per heavy atom. The molecule has 0 amide bonds. The number of hydrogen-bond donors (Lipinski definition) is 2. The van der Waals surface area contributed by atoms with E-state index in [1.807, 2.05) is 0 Å². The summed E-state index contributed by atoms with van der Waals surface area (Å²) < 4.78 is 39.7. The first-order valence-electron chi connectivity index (χ1n) is 4.87. The summed E-state index contributed by atoms with van der Waals surface area (Å²) in [4.78, 5) is 0. The number of fused-ring (bicyclic) bond motifs is 2. The maximum Gasteiger partial charge on any atom is 0.522 e. The Balaban J connectivity index is 1.95. The van der Waals surface area contributed by atoms with Crippen LogP contribution < -0.4 is 11.2 Å². The van der Waals surface area contributed by atoms with Gasteiger partial charge in [-0.15, -0.1) is 13.2 Å². The minimum absolute atomic E-state index is 0.195. The van der Waals surface area contributed by atoms with Crippen LogP contribution in [-0.4, -0.2) is 42.6 Å². The Hall–Kier alpha value is -0.370. The largest absolute Gasteiger partial charge is 0.522 e. The van der Waals surface area contributed by atoms with Crippen LogP contribution in [0, 0.1) is 0 Å². The molecule has 0 radical (unpaired) electrons. The number of alkyl halides is 3. The second-order valence-corrected chi connectivity index (χ2v) is 4.32. The second kappa shape index (κ2) is 3.58. The molecule has 88 valence electrons. The van der Waals surface area contributed by atoms with Crippen molar-refractivity contribution in [3.05, 3.63) is 0 Å². The number of ether oxygens (including phenoxy) is 1. The number of piperazine rings is 1. The minimum Gasteiger partial charge on any atom is -0.304 e. The van der Waals surface area contributed by atoms with Gasteiger partial charge in [-0.1, -0.05) is 0 Å². The topological polar surface area (TPSA) is 50.5 Å². The first kappa shape index (κ1) is 11.1. The lowest BCUT2D eigenvalue weighted by molar-refractivity contribution is -0.330. The van der Waals surface area contributed by atoms with Crippen molar-refractivity contribution in [2.75, 3.05) is 19.7 Å². The molecule has 2 aliphatic rings. The van der Waals surface area contributed by atoms with Gasteiger partial charge in [-0.3, -0.25) is 10.6 Å². The van der Waals surface area contributed by atoms with Crippen molar-refractivity contribution in [1.29, 1.82) is 0 Å². The van der Waals surface area contributed by atoms with E-state index in [9.17, 15) is 13.2 Å². The second-order valence-electron chi connectivity index (χ2n) is 4.32. The summed E-state index contributed by atoms with van der Waals surface area (Å²) in [7, 11) is 0. The Kier molecular flexibility index (Phi) is 2.66. The van der Waals surface area contributed by atoms with Gasteiger partial charge in [0.25, 0.3) is 0 Å². The SMILES string of the molecule is NN1CC2CCC(COC(F)(F)F)(C1)N2. The molecule has 0 aromatic heterocycles. The zero-order valence-electron chi connectivity index (χ0n) is 8.18. The molecule has 15 heavy (non-hydrogen) atoms. The van der Waals surface area contributed by atoms with Crippen LogP contribution in [0.1, 0.15) is 12.8 Å². The monoisotopic (exact) mass is 225 g/mol. The van der Waals surface area contributed by atoms with Crippen LogP contribution in [0.25, 0.3) is 0 Å². The lowest BCUT2D eigenvalue weighted by Crippen LogP contribution is -2.63. The molecular weight excluding hydrogens is 211 g/mol. The van der Waals surface area contributed by atoms with Gasteiger partial charge in [0, 0.05) is 19.1 Å². The number of hydrazine groups is 1. The van der Waals surface area contributed by atoms with E-state index in [-0.39, 0.29) is 12.6 Å². The molecular formula is C8H14F3N3O. The van der Waals surface area contributed by atoms with Crippen LogP contribution in [-0.2, 0) is 4.74 Å². The molecule has 3 N–H and O–H groups in total. The average molecular weight is 225 g/mol. The molecule has 0 aliphatic carbocycles. The van der Waals surface area contributed by atoms with Crippen LogP contribution in [0.15, 0.2) is 0 Å². The highest BCUT2D eigenvalue weighted by atomic mass is 19.4. The van der Waals surface area contributed by atoms with Gasteiger partial charge in [-0.05, 0) is 12.8 Å². The van der Waals surface area contributed by atoms with Gasteiger partial charge in [0.2, 0.25) is 0 Å². The normalized spacial score (nSPS) is 37.2. The lowest BCUT2D eigenvalue weighted by Gasteiger charge is -2.39. The Morgan fingerprint density at radius 1 is 1.53 bits per heavy atom. The Labute approximate surface area is 85.5 Å². The summed E-state index contributed by atoms with van der Waals surface area (Å²) >= 11 is 0. The van der Waals surface area contributed by atoms with Gasteiger partial charge in [0.15, 0.2) is 0 Å². The third-order valence-corrected chi connectivity index (χ3v) is 2.95. The molecule has 2 aliphatic heterocycles. The zero-order chi connectivity index (χ0) is 11.1. The van der Waals surface area contributed by atoms with Crippen molar-refractivity contribution in [1.82, 2.24) is 10.3 Å². The predicted octanol–water partition coefficient (Wildman–Crippen LogP) is 0.203. The number of halogens is 3. The van der Waals surface area contributed by atoms with Gasteiger partial charge < -0.3 is 5.32 Å². The number of nitrogens with two attached hydrogens (primary N) is 1. The van der Waals surface area contributed by atoms with Crippen molar-refractivity contribution >= 4 is 0 Å². The van der Waals surface area contributed by atoms with E-state index in [0.29, 0.717) is 19.5 Å². The standard InChI is InChI=1S/C8H14F3N3O/c9-8(10,11)15-5-7-2-1-6(13-7)3-14(12)4-7/h6,13H,1-5,12H2. The van der Waals surface area contributed by atoms with E-state index in [4.69, 9.17) is 5.84 Å². The number of nitrogens with zero attached hydrogens (tertiary/aromatic N) is 1. The molecule has 2 atom stereocenters. The van der Waals surface area contributed by atoms with Crippen LogP contribution >= 0.6 is 0 Å². The van der Waals surface area contributed by atoms with Crippen molar-refractivity contribution < 1.29 is 17.9 Å². The summed E-state index contributed by atoms with van der Waals surface area (Å²) in [5, 5.41) is 4.72. The van der Waals surface area contributed by atoms with Crippen molar-refractivity contribution in [3.63, 3.8) is 0 Å². The van der Waals surface area contributed by atoms with E-state index in [2.05, 4.69) is 10.1 Å². The number of hydrogen-bond acceptors (Lipinski definition) is 4. The molecule has 2 fully saturated rings. The summed E-state index contributed by atoms with van der Waals surface area (Å²) in [5.74, 6) is 5.64. The van der Waals surface area contributed by atoms with Gasteiger partial charge in [-0.2, -0.15) is 0 Å². The van der Waals surface area contributed by atoms with Gasteiger partial charge >= 0.3 is 6.36 Å². The molecule has 0 aromatic carbocycles. The van der Waals surface area contributed by atoms with Crippen LogP contribution in [0.4, 0.5) is 13.2 Å². The van der Waals surface area contributed by atoms with Crippen LogP contribution in [0.2, 0.25) is 0 Å². The van der Waals surface area contributed by atoms with E-state index in [0.717, 1.165) is 6.42 Å². The van der Waals surface area contributed by atoms with Gasteiger partial charge in [-0.25, -0.2) is 5.01 Å². The molecule has 0 saturated carbocycles. The summed E-state index contributed by atoms with van der Waals surface area (Å²) in [6.07, 6.45) is -3.03. The highest BCUT2D eigenvalue weighted by molar-refractivity contribution is 5.03. The molecule has 2 bridgehead atoms.